The van der Waals surface area contributed by atoms with Gasteiger partial charge in [0.25, 0.3) is 0 Å². The van der Waals surface area contributed by atoms with E-state index in [2.05, 4.69) is 5.32 Å². The molecule has 0 spiro atoms. The predicted octanol–water partition coefficient (Wildman–Crippen LogP) is 1.07. The minimum atomic E-state index is -0.786. The lowest BCUT2D eigenvalue weighted by Crippen LogP contribution is -2.59. The summed E-state index contributed by atoms with van der Waals surface area (Å²) in [5, 5.41) is 21.5. The van der Waals surface area contributed by atoms with Crippen LogP contribution in [-0.2, 0) is 16.0 Å². The van der Waals surface area contributed by atoms with Crippen molar-refractivity contribution in [3.63, 3.8) is 0 Å². The molecule has 0 aliphatic carbocycles. The first-order chi connectivity index (χ1) is 11.0. The summed E-state index contributed by atoms with van der Waals surface area (Å²) in [4.78, 5) is 25.8. The van der Waals surface area contributed by atoms with E-state index in [0.717, 1.165) is 0 Å². The maximum Gasteiger partial charge on any atom is 0.249 e. The fraction of sp³-hybridized carbons (Fsp3) is 0.250. The summed E-state index contributed by atoms with van der Waals surface area (Å²) in [5.74, 6) is -0.129. The molecule has 1 unspecified atom stereocenters. The number of piperazine rings is 1. The Morgan fingerprint density at radius 3 is 2.65 bits per heavy atom. The van der Waals surface area contributed by atoms with E-state index < -0.39 is 6.04 Å². The van der Waals surface area contributed by atoms with Gasteiger partial charge in [0.15, 0.2) is 11.5 Å². The number of aromatic hydroxyl groups is 2. The van der Waals surface area contributed by atoms with Crippen LogP contribution in [0.4, 0.5) is 5.88 Å². The van der Waals surface area contributed by atoms with Crippen LogP contribution in [0.15, 0.2) is 34.7 Å². The predicted molar refractivity (Wildman–Crippen MR) is 81.2 cm³/mol. The van der Waals surface area contributed by atoms with Gasteiger partial charge in [0.05, 0.1) is 6.54 Å². The number of hydrogen-bond acceptors (Lipinski definition) is 5. The van der Waals surface area contributed by atoms with Gasteiger partial charge in [0, 0.05) is 12.5 Å². The number of amides is 2. The summed E-state index contributed by atoms with van der Waals surface area (Å²) in [6.07, 6.45) is 0.186. The minimum absolute atomic E-state index is 0.0874. The number of hydrogen-bond donors (Lipinski definition) is 3. The van der Waals surface area contributed by atoms with Crippen LogP contribution in [0.3, 0.4) is 0 Å². The first-order valence-electron chi connectivity index (χ1n) is 7.13. The van der Waals surface area contributed by atoms with E-state index in [-0.39, 0.29) is 36.3 Å². The highest BCUT2D eigenvalue weighted by Crippen LogP contribution is 2.28. The van der Waals surface area contributed by atoms with Crippen molar-refractivity contribution in [3.8, 4) is 11.5 Å². The van der Waals surface area contributed by atoms with Gasteiger partial charge in [-0.05, 0) is 30.7 Å². The Bertz CT molecular complexity index is 768. The molecule has 1 saturated heterocycles. The minimum Gasteiger partial charge on any atom is -0.504 e. The van der Waals surface area contributed by atoms with Crippen molar-refractivity contribution in [1.82, 2.24) is 5.32 Å². The Hall–Kier alpha value is -2.96. The number of anilines is 1. The molecule has 2 heterocycles. The molecule has 0 saturated carbocycles. The van der Waals surface area contributed by atoms with Crippen LogP contribution < -0.4 is 10.2 Å². The Balaban J connectivity index is 1.93. The zero-order chi connectivity index (χ0) is 16.6. The largest absolute Gasteiger partial charge is 0.504 e. The molecule has 0 radical (unpaired) electrons. The lowest BCUT2D eigenvalue weighted by atomic mass is 10.0. The first kappa shape index (κ1) is 15.0. The van der Waals surface area contributed by atoms with Gasteiger partial charge in [0.2, 0.25) is 17.7 Å². The Labute approximate surface area is 132 Å². The summed E-state index contributed by atoms with van der Waals surface area (Å²) in [6, 6.07) is 6.88. The van der Waals surface area contributed by atoms with Crippen molar-refractivity contribution >= 4 is 17.7 Å². The number of nitrogens with zero attached hydrogens (tertiary/aromatic N) is 1. The summed E-state index contributed by atoms with van der Waals surface area (Å²) in [5.41, 5.74) is 0.614. The molecule has 1 fully saturated rings. The maximum atomic E-state index is 12.2. The molecule has 120 valence electrons. The highest BCUT2D eigenvalue weighted by Gasteiger charge is 2.37. The zero-order valence-electron chi connectivity index (χ0n) is 12.4. The Kier molecular flexibility index (Phi) is 3.69. The highest BCUT2D eigenvalue weighted by molar-refractivity contribution is 6.05. The lowest BCUT2D eigenvalue weighted by molar-refractivity contribution is -0.131. The topological polar surface area (TPSA) is 103 Å². The number of nitrogens with one attached hydrogen (secondary N) is 1. The van der Waals surface area contributed by atoms with E-state index in [1.54, 1.807) is 25.1 Å². The zero-order valence-corrected chi connectivity index (χ0v) is 12.4. The van der Waals surface area contributed by atoms with Crippen LogP contribution in [0, 0.1) is 6.92 Å². The second-order valence-electron chi connectivity index (χ2n) is 5.41. The number of phenols is 2. The van der Waals surface area contributed by atoms with Gasteiger partial charge in [-0.1, -0.05) is 6.07 Å². The van der Waals surface area contributed by atoms with Crippen molar-refractivity contribution in [2.75, 3.05) is 11.4 Å². The second-order valence-corrected chi connectivity index (χ2v) is 5.41. The number of rotatable bonds is 3. The molecule has 7 heteroatoms. The molecule has 2 amide bonds. The van der Waals surface area contributed by atoms with Crippen molar-refractivity contribution in [1.29, 1.82) is 0 Å². The van der Waals surface area contributed by atoms with E-state index in [1.165, 1.54) is 17.0 Å². The molecule has 1 aliphatic rings. The van der Waals surface area contributed by atoms with Gasteiger partial charge in [0.1, 0.15) is 11.8 Å². The molecule has 23 heavy (non-hydrogen) atoms. The molecule has 0 bridgehead atoms. The first-order valence-corrected chi connectivity index (χ1v) is 7.13. The van der Waals surface area contributed by atoms with E-state index >= 15 is 0 Å². The van der Waals surface area contributed by atoms with Crippen LogP contribution in [0.2, 0.25) is 0 Å². The SMILES string of the molecule is Cc1ccc(N2C(=O)CNC(=O)C2Cc2ccc(O)c(O)c2)o1. The van der Waals surface area contributed by atoms with Crippen molar-refractivity contribution < 1.29 is 24.2 Å². The highest BCUT2D eigenvalue weighted by atomic mass is 16.4. The molecule has 3 N–H and O–H groups in total. The third-order valence-electron chi connectivity index (χ3n) is 3.73. The third kappa shape index (κ3) is 2.85. The normalized spacial score (nSPS) is 18.1. The van der Waals surface area contributed by atoms with Gasteiger partial charge in [-0.25, -0.2) is 0 Å². The number of benzene rings is 1. The van der Waals surface area contributed by atoms with E-state index in [1.807, 2.05) is 0 Å². The van der Waals surface area contributed by atoms with Crippen molar-refractivity contribution in [3.05, 3.63) is 41.7 Å². The number of carbonyl (C=O) groups is 2. The number of furan rings is 1. The molecule has 1 aromatic heterocycles. The molecule has 7 nitrogen and oxygen atoms in total. The monoisotopic (exact) mass is 316 g/mol. The van der Waals surface area contributed by atoms with Gasteiger partial charge >= 0.3 is 0 Å². The van der Waals surface area contributed by atoms with Crippen LogP contribution in [-0.4, -0.2) is 34.6 Å². The molecule has 1 atom stereocenters. The average Bonchev–Trinajstić information content (AvgIpc) is 2.93. The molecular weight excluding hydrogens is 300 g/mol. The third-order valence-corrected chi connectivity index (χ3v) is 3.73. The summed E-state index contributed by atoms with van der Waals surface area (Å²) >= 11 is 0. The van der Waals surface area contributed by atoms with E-state index in [9.17, 15) is 19.8 Å². The van der Waals surface area contributed by atoms with Gasteiger partial charge < -0.3 is 19.9 Å². The fourth-order valence-electron chi connectivity index (χ4n) is 2.59. The van der Waals surface area contributed by atoms with Crippen molar-refractivity contribution in [2.45, 2.75) is 19.4 Å². The van der Waals surface area contributed by atoms with Crippen LogP contribution >= 0.6 is 0 Å². The molecule has 3 rings (SSSR count). The number of phenolic OH excluding ortho intramolecular Hbond substituents is 2. The fourth-order valence-corrected chi connectivity index (χ4v) is 2.59. The maximum absolute atomic E-state index is 12.2. The van der Waals surface area contributed by atoms with E-state index in [0.29, 0.717) is 17.2 Å². The van der Waals surface area contributed by atoms with Gasteiger partial charge in [-0.15, -0.1) is 0 Å². The van der Waals surface area contributed by atoms with Crippen LogP contribution in [0.1, 0.15) is 11.3 Å². The molecule has 1 aromatic carbocycles. The van der Waals surface area contributed by atoms with Gasteiger partial charge in [-0.3, -0.25) is 14.5 Å². The van der Waals surface area contributed by atoms with Gasteiger partial charge in [-0.2, -0.15) is 0 Å². The second kappa shape index (κ2) is 5.68. The standard InChI is InChI=1S/C16H16N2O5/c1-9-2-5-15(23-9)18-11(16(22)17-8-14(18)21)6-10-3-4-12(19)13(20)7-10/h2-5,7,11,19-20H,6,8H2,1H3,(H,17,22). The van der Waals surface area contributed by atoms with Crippen LogP contribution in [0.5, 0.6) is 11.5 Å². The summed E-state index contributed by atoms with van der Waals surface area (Å²) in [7, 11) is 0. The smallest absolute Gasteiger partial charge is 0.249 e. The number of carbonyl (C=O) groups excluding carboxylic acids is 2. The number of aryl methyl sites for hydroxylation is 1. The Morgan fingerprint density at radius 2 is 2.00 bits per heavy atom. The summed E-state index contributed by atoms with van der Waals surface area (Å²) < 4.78 is 5.49. The van der Waals surface area contributed by atoms with E-state index in [4.69, 9.17) is 4.42 Å². The lowest BCUT2D eigenvalue weighted by Gasteiger charge is -2.33. The molecular formula is C16H16N2O5. The quantitative estimate of drug-likeness (QED) is 0.735. The van der Waals surface area contributed by atoms with Crippen LogP contribution in [0.25, 0.3) is 0 Å². The average molecular weight is 316 g/mol. The molecule has 1 aliphatic heterocycles. The summed E-state index contributed by atoms with van der Waals surface area (Å²) in [6.45, 7) is 1.67. The van der Waals surface area contributed by atoms with Crippen molar-refractivity contribution in [2.24, 2.45) is 0 Å². The Morgan fingerprint density at radius 1 is 1.22 bits per heavy atom. The molecule has 2 aromatic rings.